The first kappa shape index (κ1) is 5.18. The molecule has 2 unspecified atom stereocenters. The fourth-order valence-corrected chi connectivity index (χ4v) is 1.30. The Balaban J connectivity index is 2.41. The van der Waals surface area contributed by atoms with E-state index in [0.29, 0.717) is 0 Å². The third-order valence-electron chi connectivity index (χ3n) is 2.07. The van der Waals surface area contributed by atoms with Crippen LogP contribution in [0.4, 0.5) is 0 Å². The number of fused-ring (bicyclic) bond motifs is 1. The molecule has 0 radical (unpaired) electrons. The van der Waals surface area contributed by atoms with Crippen molar-refractivity contribution >= 4 is 5.78 Å². The van der Waals surface area contributed by atoms with E-state index in [0.717, 1.165) is 5.57 Å². The van der Waals surface area contributed by atoms with Crippen LogP contribution in [0.3, 0.4) is 0 Å². The molecule has 1 aliphatic carbocycles. The monoisotopic (exact) mass is 124 g/mol. The Morgan fingerprint density at radius 2 is 2.44 bits per heavy atom. The smallest absolute Gasteiger partial charge is 0.192 e. The molecule has 0 amide bonds. The first-order chi connectivity index (χ1) is 4.14. The van der Waals surface area contributed by atoms with Crippen LogP contribution in [0.25, 0.3) is 0 Å². The predicted molar refractivity (Wildman–Crippen MR) is 32.0 cm³/mol. The largest absolute Gasteiger partial charge is 0.353 e. The van der Waals surface area contributed by atoms with Gasteiger partial charge >= 0.3 is 0 Å². The maximum absolute atomic E-state index is 11.1. The third kappa shape index (κ3) is 0.425. The molecule has 2 nitrogen and oxygen atoms in total. The summed E-state index contributed by atoms with van der Waals surface area (Å²) in [5, 5.41) is 0. The zero-order chi connectivity index (χ0) is 6.65. The Hall–Kier alpha value is -0.630. The second-order valence-electron chi connectivity index (χ2n) is 2.82. The minimum atomic E-state index is -0.440. The molecule has 1 fully saturated rings. The van der Waals surface area contributed by atoms with Crippen LogP contribution in [0, 0.1) is 0 Å². The van der Waals surface area contributed by atoms with E-state index in [1.807, 2.05) is 19.9 Å². The van der Waals surface area contributed by atoms with Crippen molar-refractivity contribution in [1.29, 1.82) is 0 Å². The third-order valence-corrected chi connectivity index (χ3v) is 2.07. The number of hydrogen-bond acceptors (Lipinski definition) is 2. The first-order valence-corrected chi connectivity index (χ1v) is 3.05. The Morgan fingerprint density at radius 1 is 1.78 bits per heavy atom. The van der Waals surface area contributed by atoms with E-state index in [1.165, 1.54) is 0 Å². The molecule has 0 aromatic rings. The lowest BCUT2D eigenvalue weighted by atomic mass is 10.1. The highest BCUT2D eigenvalue weighted by molar-refractivity contribution is 6.07. The number of ketones is 1. The van der Waals surface area contributed by atoms with Crippen LogP contribution in [-0.4, -0.2) is 17.5 Å². The SMILES string of the molecule is CC1=CC2OC2(C)C1=O. The Morgan fingerprint density at radius 3 is 2.67 bits per heavy atom. The van der Waals surface area contributed by atoms with Crippen LogP contribution in [0.15, 0.2) is 11.6 Å². The minimum absolute atomic E-state index is 0.102. The van der Waals surface area contributed by atoms with Crippen molar-refractivity contribution in [2.45, 2.75) is 25.6 Å². The number of Topliss-reactive ketones (excluding diaryl/α,β-unsaturated/α-hetero) is 1. The molecule has 2 heteroatoms. The molecule has 9 heavy (non-hydrogen) atoms. The molecule has 2 aliphatic rings. The summed E-state index contributed by atoms with van der Waals surface area (Å²) in [6.45, 7) is 3.68. The van der Waals surface area contributed by atoms with Crippen molar-refractivity contribution < 1.29 is 9.53 Å². The number of epoxide rings is 1. The molecular weight excluding hydrogens is 116 g/mol. The first-order valence-electron chi connectivity index (χ1n) is 3.05. The van der Waals surface area contributed by atoms with Gasteiger partial charge in [0.15, 0.2) is 11.4 Å². The van der Waals surface area contributed by atoms with Crippen molar-refractivity contribution in [2.24, 2.45) is 0 Å². The molecule has 0 aromatic carbocycles. The second-order valence-corrected chi connectivity index (χ2v) is 2.82. The number of hydrogen-bond donors (Lipinski definition) is 0. The predicted octanol–water partition coefficient (Wildman–Crippen LogP) is 0.673. The maximum Gasteiger partial charge on any atom is 0.192 e. The lowest BCUT2D eigenvalue weighted by Gasteiger charge is -1.97. The molecule has 1 saturated heterocycles. The van der Waals surface area contributed by atoms with Gasteiger partial charge in [0.2, 0.25) is 0 Å². The molecule has 2 atom stereocenters. The average molecular weight is 124 g/mol. The Kier molecular flexibility index (Phi) is 0.642. The summed E-state index contributed by atoms with van der Waals surface area (Å²) >= 11 is 0. The number of carbonyl (C=O) groups is 1. The van der Waals surface area contributed by atoms with Gasteiger partial charge in [0.05, 0.1) is 0 Å². The van der Waals surface area contributed by atoms with E-state index < -0.39 is 5.60 Å². The van der Waals surface area contributed by atoms with E-state index >= 15 is 0 Å². The lowest BCUT2D eigenvalue weighted by molar-refractivity contribution is -0.119. The zero-order valence-electron chi connectivity index (χ0n) is 5.47. The second kappa shape index (κ2) is 1.12. The molecule has 48 valence electrons. The van der Waals surface area contributed by atoms with Gasteiger partial charge in [-0.1, -0.05) is 0 Å². The van der Waals surface area contributed by atoms with Crippen molar-refractivity contribution in [1.82, 2.24) is 0 Å². The lowest BCUT2D eigenvalue weighted by Crippen LogP contribution is -2.18. The average Bonchev–Trinajstić information content (AvgIpc) is 2.36. The molecule has 0 spiro atoms. The van der Waals surface area contributed by atoms with E-state index in [9.17, 15) is 4.79 Å². The van der Waals surface area contributed by atoms with Crippen LogP contribution in [0.2, 0.25) is 0 Å². The zero-order valence-corrected chi connectivity index (χ0v) is 5.47. The van der Waals surface area contributed by atoms with Crippen LogP contribution in [0.1, 0.15) is 13.8 Å². The van der Waals surface area contributed by atoms with Crippen molar-refractivity contribution in [3.05, 3.63) is 11.6 Å². The number of ether oxygens (including phenoxy) is 1. The molecule has 0 saturated carbocycles. The van der Waals surface area contributed by atoms with Crippen LogP contribution < -0.4 is 0 Å². The molecule has 0 bridgehead atoms. The van der Waals surface area contributed by atoms with Crippen LogP contribution >= 0.6 is 0 Å². The summed E-state index contributed by atoms with van der Waals surface area (Å²) in [7, 11) is 0. The highest BCUT2D eigenvalue weighted by Gasteiger charge is 2.61. The summed E-state index contributed by atoms with van der Waals surface area (Å²) in [5.74, 6) is 0.160. The van der Waals surface area contributed by atoms with E-state index in [2.05, 4.69) is 0 Å². The fourth-order valence-electron chi connectivity index (χ4n) is 1.30. The molecule has 0 N–H and O–H groups in total. The van der Waals surface area contributed by atoms with Crippen molar-refractivity contribution in [3.8, 4) is 0 Å². The van der Waals surface area contributed by atoms with Crippen molar-refractivity contribution in [3.63, 3.8) is 0 Å². The molecule has 1 aliphatic heterocycles. The van der Waals surface area contributed by atoms with Gasteiger partial charge in [-0.3, -0.25) is 4.79 Å². The standard InChI is InChI=1S/C7H8O2/c1-4-3-5-7(2,9-5)6(4)8/h3,5H,1-2H3. The van der Waals surface area contributed by atoms with Gasteiger partial charge in [0.1, 0.15) is 6.10 Å². The number of carbonyl (C=O) groups excluding carboxylic acids is 1. The summed E-state index contributed by atoms with van der Waals surface area (Å²) in [5.41, 5.74) is 0.415. The van der Waals surface area contributed by atoms with E-state index in [-0.39, 0.29) is 11.9 Å². The maximum atomic E-state index is 11.1. The van der Waals surface area contributed by atoms with Gasteiger partial charge in [0.25, 0.3) is 0 Å². The van der Waals surface area contributed by atoms with E-state index in [4.69, 9.17) is 4.74 Å². The van der Waals surface area contributed by atoms with Crippen molar-refractivity contribution in [2.75, 3.05) is 0 Å². The molecular formula is C7H8O2. The summed E-state index contributed by atoms with van der Waals surface area (Å²) < 4.78 is 5.10. The Labute approximate surface area is 53.5 Å². The van der Waals surface area contributed by atoms with Gasteiger partial charge in [-0.25, -0.2) is 0 Å². The molecule has 1 heterocycles. The Bertz CT molecular complexity index is 217. The van der Waals surface area contributed by atoms with Crippen LogP contribution in [-0.2, 0) is 9.53 Å². The normalized spacial score (nSPS) is 46.7. The highest BCUT2D eigenvalue weighted by atomic mass is 16.6. The quantitative estimate of drug-likeness (QED) is 0.444. The fraction of sp³-hybridized carbons (Fsp3) is 0.571. The van der Waals surface area contributed by atoms with Crippen LogP contribution in [0.5, 0.6) is 0 Å². The molecule has 2 rings (SSSR count). The number of rotatable bonds is 0. The van der Waals surface area contributed by atoms with Gasteiger partial charge in [-0.2, -0.15) is 0 Å². The van der Waals surface area contributed by atoms with Gasteiger partial charge in [-0.05, 0) is 25.5 Å². The minimum Gasteiger partial charge on any atom is -0.353 e. The summed E-state index contributed by atoms with van der Waals surface area (Å²) in [6, 6.07) is 0. The summed E-state index contributed by atoms with van der Waals surface area (Å²) in [6.07, 6.45) is 1.99. The van der Waals surface area contributed by atoms with Gasteiger partial charge in [-0.15, -0.1) is 0 Å². The van der Waals surface area contributed by atoms with Gasteiger partial charge in [0, 0.05) is 0 Å². The molecule has 0 aromatic heterocycles. The van der Waals surface area contributed by atoms with E-state index in [1.54, 1.807) is 0 Å². The topological polar surface area (TPSA) is 29.6 Å². The summed E-state index contributed by atoms with van der Waals surface area (Å²) in [4.78, 5) is 11.1. The van der Waals surface area contributed by atoms with Gasteiger partial charge < -0.3 is 4.74 Å². The highest BCUT2D eigenvalue weighted by Crippen LogP contribution is 2.45.